The first-order chi connectivity index (χ1) is 35.5. The summed E-state index contributed by atoms with van der Waals surface area (Å²) in [6.45, 7) is 17.6. The monoisotopic (exact) mass is 1020 g/mol. The molecular weight excluding hydrogens is 947 g/mol. The molecule has 7 rings (SSSR count). The van der Waals surface area contributed by atoms with Crippen LogP contribution in [0.5, 0.6) is 5.75 Å². The quantitative estimate of drug-likeness (QED) is 0.0560. The Morgan fingerprint density at radius 2 is 1.80 bits per heavy atom. The fraction of sp³-hybridized carbons (Fsp3) is 0.536. The highest BCUT2D eigenvalue weighted by molar-refractivity contribution is 5.96. The normalized spacial score (nSPS) is 18.8. The van der Waals surface area contributed by atoms with E-state index in [4.69, 9.17) is 23.9 Å². The molecule has 0 saturated carbocycles. The number of rotatable bonds is 22. The van der Waals surface area contributed by atoms with Crippen LogP contribution in [-0.4, -0.2) is 149 Å². The molecule has 18 nitrogen and oxygen atoms in total. The van der Waals surface area contributed by atoms with E-state index in [-0.39, 0.29) is 50.2 Å². The van der Waals surface area contributed by atoms with Crippen LogP contribution in [0.15, 0.2) is 67.4 Å². The number of aliphatic hydroxyl groups is 2. The third-order valence-electron chi connectivity index (χ3n) is 13.8. The van der Waals surface area contributed by atoms with Crippen LogP contribution in [0.1, 0.15) is 90.0 Å². The molecule has 3 aliphatic heterocycles. The molecular formula is C56H77N7O11. The number of nitrogens with one attached hydrogen (secondary N) is 2. The number of fused-ring (bicyclic) bond motifs is 1. The number of likely N-dealkylation sites (tertiary alicyclic amines) is 1. The number of hydrogen-bond acceptors (Lipinski definition) is 13. The second-order valence-corrected chi connectivity index (χ2v) is 20.5. The lowest BCUT2D eigenvalue weighted by atomic mass is 9.84. The molecule has 5 heterocycles. The molecule has 2 aromatic carbocycles. The summed E-state index contributed by atoms with van der Waals surface area (Å²) in [5.74, 6) is -0.512. The van der Waals surface area contributed by atoms with Crippen LogP contribution in [0.25, 0.3) is 33.3 Å². The van der Waals surface area contributed by atoms with Gasteiger partial charge in [-0.1, -0.05) is 46.4 Å². The zero-order chi connectivity index (χ0) is 53.5. The zero-order valence-electron chi connectivity index (χ0n) is 44.2. The van der Waals surface area contributed by atoms with Crippen LogP contribution in [0.4, 0.5) is 0 Å². The van der Waals surface area contributed by atoms with Gasteiger partial charge in [-0.15, -0.1) is 0 Å². The van der Waals surface area contributed by atoms with E-state index in [0.29, 0.717) is 56.9 Å². The van der Waals surface area contributed by atoms with Crippen molar-refractivity contribution in [2.24, 2.45) is 11.3 Å². The SMILES string of the molecule is C=CC(=O)N1CCCC1.CCn1c(-c2cccnc2COC)c(CC(C)(C)COC=O)c2cc(-c3cc(CC(NC(=O)C(C(C)C)N(C)C=O)C(=O)N4CCCCN4)cc(OC4CC(O)CC(CO)O4)c3)ccc21. The highest BCUT2D eigenvalue weighted by Gasteiger charge is 2.34. The first-order valence-electron chi connectivity index (χ1n) is 25.9. The van der Waals surface area contributed by atoms with Gasteiger partial charge in [-0.3, -0.25) is 34.0 Å². The minimum absolute atomic E-state index is 0.0764. The molecule has 4 aromatic rings. The average Bonchev–Trinajstić information content (AvgIpc) is 4.04. The van der Waals surface area contributed by atoms with E-state index in [1.165, 1.54) is 11.0 Å². The van der Waals surface area contributed by atoms with Crippen LogP contribution in [-0.2, 0) is 64.2 Å². The lowest BCUT2D eigenvalue weighted by molar-refractivity contribution is -0.184. The molecule has 3 aliphatic rings. The van der Waals surface area contributed by atoms with E-state index in [1.54, 1.807) is 31.4 Å². The Balaban J connectivity index is 0.000000893. The van der Waals surface area contributed by atoms with Crippen molar-refractivity contribution in [3.8, 4) is 28.1 Å². The number of carbonyl (C=O) groups is 5. The third kappa shape index (κ3) is 14.6. The highest BCUT2D eigenvalue weighted by Crippen LogP contribution is 2.41. The maximum Gasteiger partial charge on any atom is 0.293 e. The standard InChI is InChI=1S/C49H66N6O10.C7H11NO/c1-8-54-43-14-13-33(22-39(43)40(25-49(4,5)28-63-30-58)46(54)38-12-11-15-50-42(38)27-62-7)34-18-32(19-36(21-34)64-44-24-35(59)23-37(26-56)65-44)20-41(48(61)55-17-10-9-16-51-55)52-47(60)45(31(2)3)53(6)29-57;1-2-7(9)8-5-3-4-6-8/h11-15,18-19,21-22,29-31,35,37,41,44-45,51,56,59H,8-10,16-17,20,23-28H2,1-7H3,(H,52,60);2H,1,3-6H2. The van der Waals surface area contributed by atoms with Gasteiger partial charge in [0.1, 0.15) is 17.8 Å². The lowest BCUT2D eigenvalue weighted by Crippen LogP contribution is -2.58. The van der Waals surface area contributed by atoms with Crippen LogP contribution >= 0.6 is 0 Å². The number of pyridine rings is 1. The molecule has 0 aliphatic carbocycles. The Labute approximate surface area is 435 Å². The molecule has 0 bridgehead atoms. The fourth-order valence-corrected chi connectivity index (χ4v) is 10.3. The second kappa shape index (κ2) is 26.9. The van der Waals surface area contributed by atoms with Gasteiger partial charge in [0.15, 0.2) is 0 Å². The van der Waals surface area contributed by atoms with Gasteiger partial charge in [-0.25, -0.2) is 5.43 Å². The third-order valence-corrected chi connectivity index (χ3v) is 13.8. The van der Waals surface area contributed by atoms with Gasteiger partial charge in [0.05, 0.1) is 43.4 Å². The first-order valence-corrected chi connectivity index (χ1v) is 25.9. The number of carbonyl (C=O) groups excluding carboxylic acids is 5. The molecule has 4 N–H and O–H groups in total. The Kier molecular flexibility index (Phi) is 20.7. The fourth-order valence-electron chi connectivity index (χ4n) is 10.3. The van der Waals surface area contributed by atoms with Crippen LogP contribution in [0, 0.1) is 11.3 Å². The summed E-state index contributed by atoms with van der Waals surface area (Å²) >= 11 is 0. The molecule has 18 heteroatoms. The predicted molar refractivity (Wildman–Crippen MR) is 281 cm³/mol. The number of hydrogen-bond donors (Lipinski definition) is 4. The number of aromatic nitrogens is 2. The Morgan fingerprint density at radius 1 is 1.04 bits per heavy atom. The first kappa shape index (κ1) is 57.1. The molecule has 4 amide bonds. The topological polar surface area (TPSA) is 214 Å². The van der Waals surface area contributed by atoms with E-state index in [0.717, 1.165) is 83.3 Å². The summed E-state index contributed by atoms with van der Waals surface area (Å²) in [6.07, 6.45) is 6.63. The summed E-state index contributed by atoms with van der Waals surface area (Å²) in [7, 11) is 3.19. The molecule has 74 heavy (non-hydrogen) atoms. The van der Waals surface area contributed by atoms with Crippen LogP contribution < -0.4 is 15.5 Å². The van der Waals surface area contributed by atoms with E-state index in [1.807, 2.05) is 43.0 Å². The van der Waals surface area contributed by atoms with Crippen molar-refractivity contribution >= 4 is 41.5 Å². The van der Waals surface area contributed by atoms with Gasteiger partial charge in [0, 0.05) is 94.2 Å². The number of aliphatic hydroxyl groups excluding tert-OH is 2. The molecule has 3 fully saturated rings. The highest BCUT2D eigenvalue weighted by atomic mass is 16.7. The average molecular weight is 1020 g/mol. The number of aryl methyl sites for hydroxylation is 1. The van der Waals surface area contributed by atoms with Crippen molar-refractivity contribution in [2.75, 3.05) is 53.6 Å². The van der Waals surface area contributed by atoms with Crippen LogP contribution in [0.2, 0.25) is 0 Å². The summed E-state index contributed by atoms with van der Waals surface area (Å²) < 4.78 is 25.7. The molecule has 402 valence electrons. The molecule has 5 unspecified atom stereocenters. The molecule has 0 spiro atoms. The minimum atomic E-state index is -1.02. The number of likely N-dealkylation sites (N-methyl/N-ethyl adjacent to an activating group) is 1. The van der Waals surface area contributed by atoms with Gasteiger partial charge >= 0.3 is 0 Å². The summed E-state index contributed by atoms with van der Waals surface area (Å²) in [4.78, 5) is 70.3. The Bertz CT molecular complexity index is 2550. The van der Waals surface area contributed by atoms with Crippen molar-refractivity contribution in [1.29, 1.82) is 0 Å². The van der Waals surface area contributed by atoms with Gasteiger partial charge in [-0.2, -0.15) is 0 Å². The lowest BCUT2D eigenvalue weighted by Gasteiger charge is -2.33. The number of ether oxygens (including phenoxy) is 4. The number of nitrogens with zero attached hydrogens (tertiary/aromatic N) is 5. The van der Waals surface area contributed by atoms with Gasteiger partial charge in [0.2, 0.25) is 24.5 Å². The molecule has 3 saturated heterocycles. The molecule has 2 aromatic heterocycles. The summed E-state index contributed by atoms with van der Waals surface area (Å²) in [6, 6.07) is 14.1. The zero-order valence-corrected chi connectivity index (χ0v) is 44.2. The Morgan fingerprint density at radius 3 is 2.45 bits per heavy atom. The summed E-state index contributed by atoms with van der Waals surface area (Å²) in [5.41, 5.74) is 9.76. The van der Waals surface area contributed by atoms with E-state index >= 15 is 0 Å². The van der Waals surface area contributed by atoms with Crippen molar-refractivity contribution in [2.45, 2.75) is 130 Å². The second-order valence-electron chi connectivity index (χ2n) is 20.5. The maximum atomic E-state index is 14.4. The van der Waals surface area contributed by atoms with Crippen molar-refractivity contribution in [3.05, 3.63) is 84.2 Å². The smallest absolute Gasteiger partial charge is 0.293 e. The van der Waals surface area contributed by atoms with Gasteiger partial charge < -0.3 is 48.8 Å². The summed E-state index contributed by atoms with van der Waals surface area (Å²) in [5, 5.41) is 26.2. The number of methoxy groups -OCH3 is 1. The minimum Gasteiger partial charge on any atom is -0.467 e. The van der Waals surface area contributed by atoms with E-state index in [9.17, 15) is 34.2 Å². The number of amides is 4. The van der Waals surface area contributed by atoms with E-state index < -0.39 is 41.9 Å². The van der Waals surface area contributed by atoms with Crippen molar-refractivity contribution < 1.29 is 53.1 Å². The molecule has 0 radical (unpaired) electrons. The largest absolute Gasteiger partial charge is 0.467 e. The number of benzene rings is 2. The predicted octanol–water partition coefficient (Wildman–Crippen LogP) is 5.58. The maximum absolute atomic E-state index is 14.4. The van der Waals surface area contributed by atoms with E-state index in [2.05, 4.69) is 60.9 Å². The van der Waals surface area contributed by atoms with Crippen LogP contribution in [0.3, 0.4) is 0 Å². The van der Waals surface area contributed by atoms with Gasteiger partial charge in [-0.05, 0) is 110 Å². The van der Waals surface area contributed by atoms with Gasteiger partial charge in [0.25, 0.3) is 12.4 Å². The van der Waals surface area contributed by atoms with Crippen molar-refractivity contribution in [1.82, 2.24) is 35.1 Å². The molecule has 5 atom stereocenters. The Hall–Kier alpha value is -6.18. The number of hydrazine groups is 1. The van der Waals surface area contributed by atoms with Crippen molar-refractivity contribution in [3.63, 3.8) is 0 Å².